The van der Waals surface area contributed by atoms with Crippen molar-refractivity contribution in [2.75, 3.05) is 5.32 Å². The van der Waals surface area contributed by atoms with Crippen LogP contribution in [0.3, 0.4) is 0 Å². The molecule has 0 saturated heterocycles. The third-order valence-corrected chi connectivity index (χ3v) is 6.22. The second kappa shape index (κ2) is 8.56. The molecule has 9 heteroatoms. The molecular weight excluding hydrogens is 436 g/mol. The van der Waals surface area contributed by atoms with E-state index in [9.17, 15) is 9.59 Å². The quantitative estimate of drug-likeness (QED) is 0.345. The molecule has 31 heavy (non-hydrogen) atoms. The maximum atomic E-state index is 13.4. The first-order valence-electron chi connectivity index (χ1n) is 9.53. The van der Waals surface area contributed by atoms with Gasteiger partial charge in [0.2, 0.25) is 5.91 Å². The van der Waals surface area contributed by atoms with Gasteiger partial charge in [-0.25, -0.2) is 4.98 Å². The van der Waals surface area contributed by atoms with E-state index in [0.717, 1.165) is 5.56 Å². The van der Waals surface area contributed by atoms with Crippen molar-refractivity contribution in [2.45, 2.75) is 31.2 Å². The number of halogens is 1. The topological polar surface area (TPSA) is 90.0 Å². The van der Waals surface area contributed by atoms with Crippen LogP contribution < -0.4 is 10.9 Å². The summed E-state index contributed by atoms with van der Waals surface area (Å²) in [7, 11) is 0. The molecule has 0 saturated carbocycles. The van der Waals surface area contributed by atoms with Gasteiger partial charge in [-0.1, -0.05) is 46.7 Å². The maximum absolute atomic E-state index is 13.4. The minimum absolute atomic E-state index is 0.224. The van der Waals surface area contributed by atoms with Gasteiger partial charge in [-0.3, -0.25) is 14.2 Å². The lowest BCUT2D eigenvalue weighted by molar-refractivity contribution is -0.115. The lowest BCUT2D eigenvalue weighted by Crippen LogP contribution is -2.26. The number of carbonyl (C=O) groups excluding carboxylic acids is 1. The zero-order valence-corrected chi connectivity index (χ0v) is 18.6. The minimum atomic E-state index is -0.559. The molecule has 0 aliphatic carbocycles. The number of hydrogen-bond donors (Lipinski definition) is 1. The van der Waals surface area contributed by atoms with Crippen molar-refractivity contribution in [3.05, 3.63) is 75.2 Å². The van der Waals surface area contributed by atoms with E-state index in [2.05, 4.69) is 15.5 Å². The van der Waals surface area contributed by atoms with Crippen LogP contribution >= 0.6 is 23.4 Å². The van der Waals surface area contributed by atoms with Gasteiger partial charge in [0.25, 0.3) is 5.56 Å². The highest BCUT2D eigenvalue weighted by molar-refractivity contribution is 8.00. The number of anilines is 1. The van der Waals surface area contributed by atoms with E-state index in [0.29, 0.717) is 38.3 Å². The van der Waals surface area contributed by atoms with E-state index in [-0.39, 0.29) is 11.5 Å². The molecule has 4 aromatic rings. The molecule has 1 N–H and O–H groups in total. The van der Waals surface area contributed by atoms with Crippen LogP contribution in [0.2, 0.25) is 5.02 Å². The van der Waals surface area contributed by atoms with Crippen molar-refractivity contribution in [3.63, 3.8) is 0 Å². The van der Waals surface area contributed by atoms with E-state index < -0.39 is 5.25 Å². The van der Waals surface area contributed by atoms with E-state index in [1.165, 1.54) is 16.3 Å². The number of nitrogens with one attached hydrogen (secondary N) is 1. The Balaban J connectivity index is 1.78. The summed E-state index contributed by atoms with van der Waals surface area (Å²) >= 11 is 7.49. The van der Waals surface area contributed by atoms with Crippen LogP contribution in [-0.4, -0.2) is 25.9 Å². The van der Waals surface area contributed by atoms with Gasteiger partial charge in [-0.15, -0.1) is 0 Å². The molecule has 7 nitrogen and oxygen atoms in total. The monoisotopic (exact) mass is 454 g/mol. The molecule has 0 bridgehead atoms. The predicted octanol–water partition coefficient (Wildman–Crippen LogP) is 4.76. The predicted molar refractivity (Wildman–Crippen MR) is 122 cm³/mol. The first-order valence-corrected chi connectivity index (χ1v) is 10.8. The fourth-order valence-corrected chi connectivity index (χ4v) is 4.20. The third kappa shape index (κ3) is 4.22. The summed E-state index contributed by atoms with van der Waals surface area (Å²) < 4.78 is 6.50. The summed E-state index contributed by atoms with van der Waals surface area (Å²) in [4.78, 5) is 30.8. The van der Waals surface area contributed by atoms with Gasteiger partial charge < -0.3 is 9.84 Å². The lowest BCUT2D eigenvalue weighted by atomic mass is 10.2. The fourth-order valence-electron chi connectivity index (χ4n) is 3.11. The maximum Gasteiger partial charge on any atom is 0.266 e. The standard InChI is InChI=1S/C22H19ClN4O3S/c1-12-11-19(26-30-12)25-20(28)14(3)31-22-24-17-9-5-4-7-15(17)21(29)27(22)18-10-6-8-16(23)13(18)2/h4-11,14H,1-3H3,(H,25,26,28). The van der Waals surface area contributed by atoms with Gasteiger partial charge in [0.15, 0.2) is 11.0 Å². The molecule has 1 unspecified atom stereocenters. The number of benzene rings is 2. The summed E-state index contributed by atoms with van der Waals surface area (Å²) in [5, 5.41) is 7.36. The third-order valence-electron chi connectivity index (χ3n) is 4.76. The SMILES string of the molecule is Cc1cc(NC(=O)C(C)Sc2nc3ccccc3c(=O)n2-c2cccc(Cl)c2C)no1. The Labute approximate surface area is 187 Å². The summed E-state index contributed by atoms with van der Waals surface area (Å²) in [5.41, 5.74) is 1.71. The Morgan fingerprint density at radius 2 is 1.97 bits per heavy atom. The Morgan fingerprint density at radius 1 is 1.19 bits per heavy atom. The number of aryl methyl sites for hydroxylation is 1. The van der Waals surface area contributed by atoms with E-state index in [4.69, 9.17) is 16.1 Å². The first kappa shape index (κ1) is 21.1. The van der Waals surface area contributed by atoms with Gasteiger partial charge in [-0.05, 0) is 50.6 Å². The normalized spacial score (nSPS) is 12.1. The van der Waals surface area contributed by atoms with Crippen molar-refractivity contribution < 1.29 is 9.32 Å². The minimum Gasteiger partial charge on any atom is -0.360 e. The summed E-state index contributed by atoms with van der Waals surface area (Å²) in [6.45, 7) is 5.33. The van der Waals surface area contributed by atoms with E-state index in [1.807, 2.05) is 19.1 Å². The second-order valence-corrected chi connectivity index (χ2v) is 8.72. The molecule has 158 valence electrons. The van der Waals surface area contributed by atoms with Gasteiger partial charge in [-0.2, -0.15) is 0 Å². The molecule has 0 radical (unpaired) electrons. The van der Waals surface area contributed by atoms with Crippen molar-refractivity contribution in [3.8, 4) is 5.69 Å². The molecule has 0 spiro atoms. The molecular formula is C22H19ClN4O3S. The first-order chi connectivity index (χ1) is 14.8. The fraction of sp³-hybridized carbons (Fsp3) is 0.182. The summed E-state index contributed by atoms with van der Waals surface area (Å²) in [6, 6.07) is 14.1. The van der Waals surface area contributed by atoms with Crippen molar-refractivity contribution in [1.82, 2.24) is 14.7 Å². The molecule has 4 rings (SSSR count). The van der Waals surface area contributed by atoms with Gasteiger partial charge >= 0.3 is 0 Å². The Hall–Kier alpha value is -3.10. The van der Waals surface area contributed by atoms with Crippen molar-refractivity contribution in [2.24, 2.45) is 0 Å². The highest BCUT2D eigenvalue weighted by Gasteiger charge is 2.22. The highest BCUT2D eigenvalue weighted by Crippen LogP contribution is 2.29. The molecule has 0 aliphatic heterocycles. The Bertz CT molecular complexity index is 1350. The molecule has 0 fully saturated rings. The molecule has 2 aromatic heterocycles. The van der Waals surface area contributed by atoms with Gasteiger partial charge in [0, 0.05) is 11.1 Å². The van der Waals surface area contributed by atoms with Crippen LogP contribution in [0.4, 0.5) is 5.82 Å². The van der Waals surface area contributed by atoms with Gasteiger partial charge in [0.1, 0.15) is 5.76 Å². The van der Waals surface area contributed by atoms with Crippen LogP contribution in [0.1, 0.15) is 18.2 Å². The van der Waals surface area contributed by atoms with Gasteiger partial charge in [0.05, 0.1) is 21.8 Å². The molecule has 1 amide bonds. The van der Waals surface area contributed by atoms with Crippen LogP contribution in [-0.2, 0) is 4.79 Å². The van der Waals surface area contributed by atoms with Crippen molar-refractivity contribution >= 4 is 46.0 Å². The zero-order chi connectivity index (χ0) is 22.1. The Morgan fingerprint density at radius 3 is 2.71 bits per heavy atom. The van der Waals surface area contributed by atoms with E-state index in [1.54, 1.807) is 50.2 Å². The number of aromatic nitrogens is 3. The number of rotatable bonds is 5. The number of thioether (sulfide) groups is 1. The van der Waals surface area contributed by atoms with Crippen LogP contribution in [0, 0.1) is 13.8 Å². The molecule has 2 heterocycles. The van der Waals surface area contributed by atoms with Crippen LogP contribution in [0.25, 0.3) is 16.6 Å². The molecule has 0 aliphatic rings. The lowest BCUT2D eigenvalue weighted by Gasteiger charge is -2.17. The van der Waals surface area contributed by atoms with Crippen molar-refractivity contribution in [1.29, 1.82) is 0 Å². The average molecular weight is 455 g/mol. The summed E-state index contributed by atoms with van der Waals surface area (Å²) in [5.74, 6) is 0.650. The van der Waals surface area contributed by atoms with Crippen LogP contribution in [0.5, 0.6) is 0 Å². The summed E-state index contributed by atoms with van der Waals surface area (Å²) in [6.07, 6.45) is 0. The molecule has 1 atom stereocenters. The number of amides is 1. The number of para-hydroxylation sites is 1. The Kier molecular flexibility index (Phi) is 5.84. The largest absolute Gasteiger partial charge is 0.360 e. The average Bonchev–Trinajstić information content (AvgIpc) is 3.15. The number of nitrogens with zero attached hydrogens (tertiary/aromatic N) is 3. The smallest absolute Gasteiger partial charge is 0.266 e. The number of carbonyl (C=O) groups is 1. The molecule has 2 aromatic carbocycles. The van der Waals surface area contributed by atoms with Crippen LogP contribution in [0.15, 0.2) is 63.0 Å². The highest BCUT2D eigenvalue weighted by atomic mass is 35.5. The number of hydrogen-bond acceptors (Lipinski definition) is 6. The number of fused-ring (bicyclic) bond motifs is 1. The second-order valence-electron chi connectivity index (χ2n) is 7.01. The van der Waals surface area contributed by atoms with E-state index >= 15 is 0 Å². The zero-order valence-electron chi connectivity index (χ0n) is 17.0.